The molecule has 0 unspecified atom stereocenters. The highest BCUT2D eigenvalue weighted by molar-refractivity contribution is 7.16. The van der Waals surface area contributed by atoms with Gasteiger partial charge in [0.1, 0.15) is 6.54 Å². The second-order valence-corrected chi connectivity index (χ2v) is 6.85. The topological polar surface area (TPSA) is 52.2 Å². The van der Waals surface area contributed by atoms with Crippen molar-refractivity contribution in [3.8, 4) is 0 Å². The molecule has 0 aliphatic rings. The Labute approximate surface area is 144 Å². The number of nitrogens with zero attached hydrogens (tertiary/aromatic N) is 4. The molecule has 6 heteroatoms. The maximum absolute atomic E-state index is 12.4. The smallest absolute Gasteiger partial charge is 0.270 e. The van der Waals surface area contributed by atoms with Crippen molar-refractivity contribution in [3.63, 3.8) is 0 Å². The standard InChI is InChI=1S/C18H20N4OS/c1-5-8-21-15-7-6-12(2)9-16(15)24-18(21)19-17(23)11-22-14(4)10-13(3)20-22/h5-7,9-10H,1,8,11H2,2-4H3. The zero-order valence-electron chi connectivity index (χ0n) is 14.1. The molecule has 3 rings (SSSR count). The molecule has 0 atom stereocenters. The van der Waals surface area contributed by atoms with Crippen molar-refractivity contribution >= 4 is 27.5 Å². The van der Waals surface area contributed by atoms with Gasteiger partial charge in [-0.25, -0.2) is 0 Å². The van der Waals surface area contributed by atoms with E-state index in [0.29, 0.717) is 11.3 Å². The summed E-state index contributed by atoms with van der Waals surface area (Å²) in [5, 5.41) is 4.32. The van der Waals surface area contributed by atoms with Gasteiger partial charge in [-0.2, -0.15) is 10.1 Å². The number of amides is 1. The third-order valence-corrected chi connectivity index (χ3v) is 4.80. The highest BCUT2D eigenvalue weighted by Crippen LogP contribution is 2.19. The van der Waals surface area contributed by atoms with Gasteiger partial charge in [-0.3, -0.25) is 9.48 Å². The second kappa shape index (κ2) is 6.57. The van der Waals surface area contributed by atoms with Crippen LogP contribution in [0.5, 0.6) is 0 Å². The van der Waals surface area contributed by atoms with E-state index in [9.17, 15) is 4.79 Å². The maximum Gasteiger partial charge on any atom is 0.270 e. The number of hydrogen-bond acceptors (Lipinski definition) is 3. The van der Waals surface area contributed by atoms with Crippen LogP contribution in [0, 0.1) is 20.8 Å². The molecule has 3 aromatic rings. The minimum absolute atomic E-state index is 0.154. The van der Waals surface area contributed by atoms with E-state index in [4.69, 9.17) is 0 Å². The highest BCUT2D eigenvalue weighted by Gasteiger charge is 2.09. The highest BCUT2D eigenvalue weighted by atomic mass is 32.1. The summed E-state index contributed by atoms with van der Waals surface area (Å²) in [5.74, 6) is -0.206. The third-order valence-electron chi connectivity index (χ3n) is 3.76. The SMILES string of the molecule is C=CCn1c(=NC(=O)Cn2nc(C)cc2C)sc2cc(C)ccc21. The summed E-state index contributed by atoms with van der Waals surface area (Å²) in [6.45, 7) is 10.5. The van der Waals surface area contributed by atoms with E-state index in [-0.39, 0.29) is 12.5 Å². The fraction of sp³-hybridized carbons (Fsp3) is 0.278. The van der Waals surface area contributed by atoms with E-state index < -0.39 is 0 Å². The zero-order valence-corrected chi connectivity index (χ0v) is 14.9. The Morgan fingerprint density at radius 3 is 2.79 bits per heavy atom. The van der Waals surface area contributed by atoms with Crippen LogP contribution in [0.1, 0.15) is 17.0 Å². The Bertz CT molecular complexity index is 990. The first-order valence-corrected chi connectivity index (χ1v) is 8.59. The van der Waals surface area contributed by atoms with Crippen LogP contribution in [0.4, 0.5) is 0 Å². The molecular weight excluding hydrogens is 320 g/mol. The van der Waals surface area contributed by atoms with Gasteiger partial charge in [0.05, 0.1) is 15.9 Å². The normalized spacial score (nSPS) is 12.0. The van der Waals surface area contributed by atoms with Crippen molar-refractivity contribution in [1.29, 1.82) is 0 Å². The lowest BCUT2D eigenvalue weighted by Crippen LogP contribution is -2.19. The fourth-order valence-corrected chi connectivity index (χ4v) is 3.83. The lowest BCUT2D eigenvalue weighted by Gasteiger charge is -2.02. The molecule has 24 heavy (non-hydrogen) atoms. The van der Waals surface area contributed by atoms with Crippen LogP contribution in [-0.4, -0.2) is 20.3 Å². The molecule has 0 radical (unpaired) electrons. The Morgan fingerprint density at radius 1 is 1.33 bits per heavy atom. The van der Waals surface area contributed by atoms with Crippen molar-refractivity contribution in [2.24, 2.45) is 4.99 Å². The summed E-state index contributed by atoms with van der Waals surface area (Å²) in [5.41, 5.74) is 4.12. The van der Waals surface area contributed by atoms with Gasteiger partial charge in [-0.1, -0.05) is 23.5 Å². The zero-order chi connectivity index (χ0) is 17.3. The Balaban J connectivity index is 2.02. The molecule has 0 aliphatic carbocycles. The van der Waals surface area contributed by atoms with Crippen LogP contribution in [0.15, 0.2) is 41.9 Å². The number of aryl methyl sites for hydroxylation is 3. The second-order valence-electron chi connectivity index (χ2n) is 5.85. The number of hydrogen-bond donors (Lipinski definition) is 0. The number of thiazole rings is 1. The number of carbonyl (C=O) groups is 1. The summed E-state index contributed by atoms with van der Waals surface area (Å²) < 4.78 is 4.83. The maximum atomic E-state index is 12.4. The summed E-state index contributed by atoms with van der Waals surface area (Å²) in [6, 6.07) is 8.20. The Hall–Kier alpha value is -2.47. The van der Waals surface area contributed by atoms with E-state index in [1.807, 2.05) is 30.6 Å². The molecular formula is C18H20N4OS. The molecule has 0 bridgehead atoms. The monoisotopic (exact) mass is 340 g/mol. The molecule has 0 spiro atoms. The van der Waals surface area contributed by atoms with E-state index in [1.165, 1.54) is 16.9 Å². The summed E-state index contributed by atoms with van der Waals surface area (Å²) >= 11 is 1.52. The molecule has 2 heterocycles. The first kappa shape index (κ1) is 16.4. The third kappa shape index (κ3) is 3.23. The van der Waals surface area contributed by atoms with E-state index >= 15 is 0 Å². The number of allylic oxidation sites excluding steroid dienone is 1. The van der Waals surface area contributed by atoms with Gasteiger partial charge >= 0.3 is 0 Å². The number of carbonyl (C=O) groups excluding carboxylic acids is 1. The molecule has 0 aliphatic heterocycles. The average Bonchev–Trinajstić information content (AvgIpc) is 2.99. The summed E-state index contributed by atoms with van der Waals surface area (Å²) in [6.07, 6.45) is 1.82. The van der Waals surface area contributed by atoms with E-state index in [1.54, 1.807) is 4.68 Å². The van der Waals surface area contributed by atoms with Gasteiger partial charge in [-0.15, -0.1) is 6.58 Å². The number of rotatable bonds is 4. The summed E-state index contributed by atoms with van der Waals surface area (Å²) in [4.78, 5) is 17.4. The number of benzene rings is 1. The van der Waals surface area contributed by atoms with Gasteiger partial charge in [-0.05, 0) is 44.5 Å². The molecule has 0 fully saturated rings. The van der Waals surface area contributed by atoms with Crippen LogP contribution in [-0.2, 0) is 17.9 Å². The first-order chi connectivity index (χ1) is 11.5. The summed E-state index contributed by atoms with van der Waals surface area (Å²) in [7, 11) is 0. The quantitative estimate of drug-likeness (QED) is 0.685. The lowest BCUT2D eigenvalue weighted by atomic mass is 10.2. The molecule has 0 saturated heterocycles. The Morgan fingerprint density at radius 2 is 2.12 bits per heavy atom. The van der Waals surface area contributed by atoms with Gasteiger partial charge in [0, 0.05) is 12.2 Å². The van der Waals surface area contributed by atoms with Gasteiger partial charge in [0.2, 0.25) is 0 Å². The molecule has 2 aromatic heterocycles. The van der Waals surface area contributed by atoms with Crippen LogP contribution < -0.4 is 4.80 Å². The van der Waals surface area contributed by atoms with Crippen LogP contribution in [0.2, 0.25) is 0 Å². The minimum atomic E-state index is -0.206. The Kier molecular flexibility index (Phi) is 4.49. The van der Waals surface area contributed by atoms with Crippen LogP contribution in [0.25, 0.3) is 10.2 Å². The fourth-order valence-electron chi connectivity index (χ4n) is 2.68. The predicted octanol–water partition coefficient (Wildman–Crippen LogP) is 3.14. The van der Waals surface area contributed by atoms with E-state index in [2.05, 4.69) is 41.8 Å². The van der Waals surface area contributed by atoms with Crippen molar-refractivity contribution in [3.05, 3.63) is 58.7 Å². The van der Waals surface area contributed by atoms with E-state index in [0.717, 1.165) is 21.6 Å². The molecule has 0 N–H and O–H groups in total. The average molecular weight is 340 g/mol. The molecule has 124 valence electrons. The molecule has 1 amide bonds. The number of aromatic nitrogens is 3. The van der Waals surface area contributed by atoms with Crippen molar-refractivity contribution < 1.29 is 4.79 Å². The molecule has 0 saturated carbocycles. The van der Waals surface area contributed by atoms with Gasteiger partial charge < -0.3 is 4.57 Å². The number of fused-ring (bicyclic) bond motifs is 1. The predicted molar refractivity (Wildman–Crippen MR) is 97.0 cm³/mol. The first-order valence-electron chi connectivity index (χ1n) is 7.77. The van der Waals surface area contributed by atoms with Gasteiger partial charge in [0.15, 0.2) is 4.80 Å². The minimum Gasteiger partial charge on any atom is -0.313 e. The van der Waals surface area contributed by atoms with Crippen molar-refractivity contribution in [2.75, 3.05) is 0 Å². The molecule has 1 aromatic carbocycles. The van der Waals surface area contributed by atoms with Gasteiger partial charge in [0.25, 0.3) is 5.91 Å². The van der Waals surface area contributed by atoms with Crippen molar-refractivity contribution in [2.45, 2.75) is 33.9 Å². The lowest BCUT2D eigenvalue weighted by molar-refractivity contribution is -0.118. The van der Waals surface area contributed by atoms with Crippen LogP contribution >= 0.6 is 11.3 Å². The van der Waals surface area contributed by atoms with Crippen LogP contribution in [0.3, 0.4) is 0 Å². The molecule has 5 nitrogen and oxygen atoms in total. The van der Waals surface area contributed by atoms with Crippen molar-refractivity contribution in [1.82, 2.24) is 14.3 Å². The largest absolute Gasteiger partial charge is 0.313 e.